The number of allylic oxidation sites excluding steroid dienone is 2. The van der Waals surface area contributed by atoms with E-state index in [9.17, 15) is 14.4 Å². The lowest BCUT2D eigenvalue weighted by Gasteiger charge is -2.32. The number of nitrogens with two attached hydrogens (primary N) is 1. The third-order valence-electron chi connectivity index (χ3n) is 7.01. The van der Waals surface area contributed by atoms with Gasteiger partial charge in [-0.05, 0) is 38.2 Å². The SMILES string of the molecule is C=CC(=O)N1CCC[C@@H](n2nc(C3C=CC(C(=O)N4CCCC4)=CC3)c3c(N)n[nH]c(=O)c32)C1. The zero-order chi connectivity index (χ0) is 23.8. The highest BCUT2D eigenvalue weighted by atomic mass is 16.2. The van der Waals surface area contributed by atoms with E-state index in [4.69, 9.17) is 10.8 Å². The standard InChI is InChI=1S/C24H29N7O3/c1-2-18(32)30-13-5-6-17(14-30)31-21-19(22(25)26-27-23(21)33)20(28-31)15-7-9-16(10-8-15)24(34)29-11-3-4-12-29/h2,7,9-10,15,17H,1,3-6,8,11-14H2,(H2,25,26)(H,27,33)/t15?,17-/m1/s1. The summed E-state index contributed by atoms with van der Waals surface area (Å²) in [6.07, 6.45) is 11.3. The highest BCUT2D eigenvalue weighted by molar-refractivity contribution is 5.97. The normalized spacial score (nSPS) is 22.8. The van der Waals surface area contributed by atoms with Crippen LogP contribution in [0.4, 0.5) is 5.82 Å². The van der Waals surface area contributed by atoms with Gasteiger partial charge in [0.1, 0.15) is 5.52 Å². The second-order valence-corrected chi connectivity index (χ2v) is 9.14. The molecule has 10 heteroatoms. The van der Waals surface area contributed by atoms with Crippen molar-refractivity contribution in [2.24, 2.45) is 0 Å². The summed E-state index contributed by atoms with van der Waals surface area (Å²) in [6.45, 7) is 6.29. The van der Waals surface area contributed by atoms with Crippen molar-refractivity contribution in [1.29, 1.82) is 0 Å². The molecule has 1 aliphatic carbocycles. The second-order valence-electron chi connectivity index (χ2n) is 9.14. The number of rotatable bonds is 4. The molecule has 4 heterocycles. The number of aromatic amines is 1. The summed E-state index contributed by atoms with van der Waals surface area (Å²) < 4.78 is 1.71. The summed E-state index contributed by atoms with van der Waals surface area (Å²) in [7, 11) is 0. The maximum absolute atomic E-state index is 12.8. The topological polar surface area (TPSA) is 130 Å². The minimum Gasteiger partial charge on any atom is -0.382 e. The van der Waals surface area contributed by atoms with Gasteiger partial charge < -0.3 is 15.5 Å². The molecule has 2 aliphatic heterocycles. The highest BCUT2D eigenvalue weighted by Gasteiger charge is 2.31. The Labute approximate surface area is 196 Å². The quantitative estimate of drug-likeness (QED) is 0.663. The van der Waals surface area contributed by atoms with Crippen LogP contribution in [-0.4, -0.2) is 67.8 Å². The van der Waals surface area contributed by atoms with E-state index < -0.39 is 0 Å². The van der Waals surface area contributed by atoms with Crippen LogP contribution in [0.3, 0.4) is 0 Å². The van der Waals surface area contributed by atoms with E-state index in [-0.39, 0.29) is 35.2 Å². The van der Waals surface area contributed by atoms with E-state index in [1.165, 1.54) is 6.08 Å². The van der Waals surface area contributed by atoms with Crippen molar-refractivity contribution in [2.75, 3.05) is 31.9 Å². The van der Waals surface area contributed by atoms with E-state index in [0.717, 1.165) is 38.8 Å². The van der Waals surface area contributed by atoms with Crippen LogP contribution < -0.4 is 11.3 Å². The number of likely N-dealkylation sites (tertiary alicyclic amines) is 2. The molecule has 2 aromatic heterocycles. The Morgan fingerprint density at radius 2 is 1.94 bits per heavy atom. The van der Waals surface area contributed by atoms with Gasteiger partial charge in [-0.2, -0.15) is 10.2 Å². The van der Waals surface area contributed by atoms with Crippen molar-refractivity contribution in [2.45, 2.75) is 44.1 Å². The number of hydrogen-bond donors (Lipinski definition) is 2. The molecule has 5 rings (SSSR count). The monoisotopic (exact) mass is 463 g/mol. The number of piperidine rings is 1. The number of amides is 2. The van der Waals surface area contributed by atoms with Gasteiger partial charge in [-0.15, -0.1) is 0 Å². The van der Waals surface area contributed by atoms with Gasteiger partial charge in [0.2, 0.25) is 5.91 Å². The van der Waals surface area contributed by atoms with Gasteiger partial charge in [-0.3, -0.25) is 19.1 Å². The number of fused-ring (bicyclic) bond motifs is 1. The van der Waals surface area contributed by atoms with Gasteiger partial charge >= 0.3 is 0 Å². The Kier molecular flexibility index (Phi) is 5.80. The Morgan fingerprint density at radius 1 is 1.18 bits per heavy atom. The number of aromatic nitrogens is 4. The Morgan fingerprint density at radius 3 is 2.65 bits per heavy atom. The number of carbonyl (C=O) groups is 2. The molecule has 34 heavy (non-hydrogen) atoms. The van der Waals surface area contributed by atoms with E-state index in [1.807, 2.05) is 23.1 Å². The molecule has 3 aliphatic rings. The number of nitrogen functional groups attached to an aromatic ring is 1. The number of carbonyl (C=O) groups excluding carboxylic acids is 2. The van der Waals surface area contributed by atoms with E-state index >= 15 is 0 Å². The van der Waals surface area contributed by atoms with Gasteiger partial charge in [0.25, 0.3) is 11.5 Å². The van der Waals surface area contributed by atoms with E-state index in [1.54, 1.807) is 9.58 Å². The predicted octanol–water partition coefficient (Wildman–Crippen LogP) is 1.64. The van der Waals surface area contributed by atoms with Crippen molar-refractivity contribution in [3.63, 3.8) is 0 Å². The zero-order valence-corrected chi connectivity index (χ0v) is 19.1. The first kappa shape index (κ1) is 22.1. The number of nitrogens with one attached hydrogen (secondary N) is 1. The molecule has 0 radical (unpaired) electrons. The first-order valence-corrected chi connectivity index (χ1v) is 11.8. The van der Waals surface area contributed by atoms with Crippen LogP contribution in [-0.2, 0) is 9.59 Å². The smallest absolute Gasteiger partial charge is 0.290 e. The molecule has 2 fully saturated rings. The lowest BCUT2D eigenvalue weighted by Crippen LogP contribution is -2.40. The van der Waals surface area contributed by atoms with E-state index in [0.29, 0.717) is 41.7 Å². The van der Waals surface area contributed by atoms with Gasteiger partial charge in [0.15, 0.2) is 5.82 Å². The maximum Gasteiger partial charge on any atom is 0.290 e. The number of hydrogen-bond acceptors (Lipinski definition) is 6. The van der Waals surface area contributed by atoms with Crippen LogP contribution in [0.5, 0.6) is 0 Å². The largest absolute Gasteiger partial charge is 0.382 e. The molecule has 2 atom stereocenters. The Hall–Kier alpha value is -3.69. The molecule has 0 bridgehead atoms. The van der Waals surface area contributed by atoms with Gasteiger partial charge in [0.05, 0.1) is 17.1 Å². The molecular weight excluding hydrogens is 434 g/mol. The molecule has 2 saturated heterocycles. The second kappa shape index (κ2) is 8.92. The summed E-state index contributed by atoms with van der Waals surface area (Å²) in [5, 5.41) is 11.8. The van der Waals surface area contributed by atoms with E-state index in [2.05, 4.69) is 16.8 Å². The summed E-state index contributed by atoms with van der Waals surface area (Å²) in [5.74, 6) is 0.00250. The summed E-state index contributed by atoms with van der Waals surface area (Å²) in [6, 6.07) is -0.160. The van der Waals surface area contributed by atoms with Crippen LogP contribution in [0.25, 0.3) is 10.9 Å². The lowest BCUT2D eigenvalue weighted by molar-refractivity contribution is -0.127. The zero-order valence-electron chi connectivity index (χ0n) is 19.1. The number of anilines is 1. The average Bonchev–Trinajstić information content (AvgIpc) is 3.55. The predicted molar refractivity (Wildman–Crippen MR) is 128 cm³/mol. The first-order chi connectivity index (χ1) is 16.5. The van der Waals surface area contributed by atoms with Crippen LogP contribution >= 0.6 is 0 Å². The number of H-pyrrole nitrogens is 1. The fraction of sp³-hybridized carbons (Fsp3) is 0.458. The molecule has 1 unspecified atom stereocenters. The van der Waals surface area contributed by atoms with Crippen molar-refractivity contribution >= 4 is 28.5 Å². The van der Waals surface area contributed by atoms with Crippen LogP contribution in [0.2, 0.25) is 0 Å². The van der Waals surface area contributed by atoms with Gasteiger partial charge in [-0.25, -0.2) is 5.10 Å². The molecule has 0 spiro atoms. The average molecular weight is 464 g/mol. The minimum absolute atomic E-state index is 0.0643. The van der Waals surface area contributed by atoms with Crippen LogP contribution in [0.15, 0.2) is 41.3 Å². The molecule has 2 aromatic rings. The lowest BCUT2D eigenvalue weighted by atomic mass is 9.92. The third kappa shape index (κ3) is 3.82. The van der Waals surface area contributed by atoms with Gasteiger partial charge in [0, 0.05) is 37.7 Å². The Balaban J connectivity index is 1.48. The molecule has 178 valence electrons. The molecule has 0 saturated carbocycles. The summed E-state index contributed by atoms with van der Waals surface area (Å²) in [5.41, 5.74) is 7.58. The highest BCUT2D eigenvalue weighted by Crippen LogP contribution is 2.35. The fourth-order valence-corrected chi connectivity index (χ4v) is 5.23. The minimum atomic E-state index is -0.365. The van der Waals surface area contributed by atoms with Crippen LogP contribution in [0.1, 0.15) is 49.8 Å². The maximum atomic E-state index is 12.8. The van der Waals surface area contributed by atoms with Gasteiger partial charge in [-0.1, -0.05) is 24.8 Å². The Bertz CT molecular complexity index is 1270. The van der Waals surface area contributed by atoms with Crippen molar-refractivity contribution < 1.29 is 9.59 Å². The van der Waals surface area contributed by atoms with Crippen molar-refractivity contribution in [3.05, 3.63) is 52.5 Å². The molecule has 3 N–H and O–H groups in total. The molecule has 0 aromatic carbocycles. The molecular formula is C24H29N7O3. The van der Waals surface area contributed by atoms with Crippen LogP contribution in [0, 0.1) is 0 Å². The molecule has 2 amide bonds. The van der Waals surface area contributed by atoms with Crippen molar-refractivity contribution in [1.82, 2.24) is 29.8 Å². The summed E-state index contributed by atoms with van der Waals surface area (Å²) >= 11 is 0. The van der Waals surface area contributed by atoms with Crippen molar-refractivity contribution in [3.8, 4) is 0 Å². The molecule has 10 nitrogen and oxygen atoms in total. The summed E-state index contributed by atoms with van der Waals surface area (Å²) in [4.78, 5) is 41.4. The number of nitrogens with zero attached hydrogens (tertiary/aromatic N) is 5. The third-order valence-corrected chi connectivity index (χ3v) is 7.01. The first-order valence-electron chi connectivity index (χ1n) is 11.8. The fourth-order valence-electron chi connectivity index (χ4n) is 5.23.